The van der Waals surface area contributed by atoms with Gasteiger partial charge < -0.3 is 20.4 Å². The van der Waals surface area contributed by atoms with Crippen molar-refractivity contribution in [2.75, 3.05) is 50.5 Å². The number of benzene rings is 3. The number of anilines is 2. The van der Waals surface area contributed by atoms with Gasteiger partial charge in [0.1, 0.15) is 0 Å². The van der Waals surface area contributed by atoms with Gasteiger partial charge in [-0.2, -0.15) is 0 Å². The molecule has 0 radical (unpaired) electrons. The summed E-state index contributed by atoms with van der Waals surface area (Å²) in [5, 5.41) is 7.63. The van der Waals surface area contributed by atoms with Gasteiger partial charge in [0, 0.05) is 45.8 Å². The summed E-state index contributed by atoms with van der Waals surface area (Å²) < 4.78 is 0. The third-order valence-electron chi connectivity index (χ3n) is 7.23. The van der Waals surface area contributed by atoms with Crippen LogP contribution in [0, 0.1) is 5.92 Å². The van der Waals surface area contributed by atoms with E-state index in [1.165, 1.54) is 6.42 Å². The van der Waals surface area contributed by atoms with Crippen molar-refractivity contribution < 1.29 is 9.59 Å². The highest BCUT2D eigenvalue weighted by atomic mass is 35.5. The van der Waals surface area contributed by atoms with Crippen LogP contribution in [-0.2, 0) is 6.42 Å². The zero-order valence-electron chi connectivity index (χ0n) is 22.9. The van der Waals surface area contributed by atoms with Crippen LogP contribution >= 0.6 is 34.8 Å². The second-order valence-corrected chi connectivity index (χ2v) is 11.7. The van der Waals surface area contributed by atoms with Crippen molar-refractivity contribution in [1.82, 2.24) is 10.2 Å². The van der Waals surface area contributed by atoms with E-state index >= 15 is 0 Å². The molecule has 0 bridgehead atoms. The van der Waals surface area contributed by atoms with Gasteiger partial charge in [0.05, 0.1) is 11.4 Å². The van der Waals surface area contributed by atoms with E-state index in [1.54, 1.807) is 42.5 Å². The summed E-state index contributed by atoms with van der Waals surface area (Å²) in [5.41, 5.74) is 3.34. The molecule has 0 aliphatic carbocycles. The minimum absolute atomic E-state index is 0.225. The highest BCUT2D eigenvalue weighted by Gasteiger charge is 2.23. The molecule has 40 heavy (non-hydrogen) atoms. The van der Waals surface area contributed by atoms with Crippen LogP contribution in [0.3, 0.4) is 0 Å². The number of hydrogen-bond donors (Lipinski definition) is 2. The van der Waals surface area contributed by atoms with E-state index in [1.807, 2.05) is 18.2 Å². The third kappa shape index (κ3) is 8.37. The molecular formula is C31H35Cl3N4O2. The smallest absolute Gasteiger partial charge is 0.255 e. The van der Waals surface area contributed by atoms with E-state index in [-0.39, 0.29) is 11.8 Å². The Morgan fingerprint density at radius 3 is 2.33 bits per heavy atom. The van der Waals surface area contributed by atoms with Crippen LogP contribution in [0.1, 0.15) is 45.5 Å². The molecule has 3 aromatic carbocycles. The van der Waals surface area contributed by atoms with Crippen molar-refractivity contribution in [3.63, 3.8) is 0 Å². The molecule has 0 saturated carbocycles. The first kappa shape index (κ1) is 30.2. The van der Waals surface area contributed by atoms with Gasteiger partial charge in [-0.05, 0) is 106 Å². The van der Waals surface area contributed by atoms with E-state index in [4.69, 9.17) is 34.8 Å². The van der Waals surface area contributed by atoms with Crippen LogP contribution in [0.2, 0.25) is 15.1 Å². The lowest BCUT2D eigenvalue weighted by molar-refractivity contribution is 0.0952. The second kappa shape index (κ2) is 14.2. The van der Waals surface area contributed by atoms with Crippen LogP contribution in [0.5, 0.6) is 0 Å². The van der Waals surface area contributed by atoms with Crippen molar-refractivity contribution in [3.05, 3.63) is 92.4 Å². The molecule has 1 saturated heterocycles. The van der Waals surface area contributed by atoms with Crippen LogP contribution < -0.4 is 15.5 Å². The summed E-state index contributed by atoms with van der Waals surface area (Å²) >= 11 is 18.4. The van der Waals surface area contributed by atoms with E-state index in [0.29, 0.717) is 50.8 Å². The van der Waals surface area contributed by atoms with Gasteiger partial charge in [0.15, 0.2) is 0 Å². The molecule has 4 rings (SSSR count). The lowest BCUT2D eigenvalue weighted by Crippen LogP contribution is -2.35. The summed E-state index contributed by atoms with van der Waals surface area (Å²) in [6.45, 7) is 3.28. The monoisotopic (exact) mass is 600 g/mol. The van der Waals surface area contributed by atoms with Crippen molar-refractivity contribution >= 4 is 58.0 Å². The van der Waals surface area contributed by atoms with Gasteiger partial charge >= 0.3 is 0 Å². The Hall–Kier alpha value is -2.77. The molecule has 0 atom stereocenters. The number of nitrogens with one attached hydrogen (secondary N) is 2. The number of hydrogen-bond acceptors (Lipinski definition) is 4. The lowest BCUT2D eigenvalue weighted by atomic mass is 9.93. The summed E-state index contributed by atoms with van der Waals surface area (Å²) in [5.74, 6) is 0.180. The third-order valence-corrected chi connectivity index (χ3v) is 8.05. The minimum atomic E-state index is -0.278. The topological polar surface area (TPSA) is 64.7 Å². The average molecular weight is 602 g/mol. The van der Waals surface area contributed by atoms with Crippen molar-refractivity contribution in [3.8, 4) is 0 Å². The Kier molecular flexibility index (Phi) is 10.7. The number of carbonyl (C=O) groups is 2. The van der Waals surface area contributed by atoms with Crippen LogP contribution in [0.25, 0.3) is 0 Å². The molecule has 212 valence electrons. The Labute approximate surface area is 251 Å². The summed E-state index contributed by atoms with van der Waals surface area (Å²) in [6.07, 6.45) is 3.93. The fourth-order valence-electron chi connectivity index (χ4n) is 4.92. The molecule has 1 heterocycles. The zero-order valence-corrected chi connectivity index (χ0v) is 25.1. The van der Waals surface area contributed by atoms with Crippen LogP contribution in [-0.4, -0.2) is 57.0 Å². The fraction of sp³-hybridized carbons (Fsp3) is 0.355. The Balaban J connectivity index is 1.49. The summed E-state index contributed by atoms with van der Waals surface area (Å²) in [6, 6.07) is 17.6. The van der Waals surface area contributed by atoms with Gasteiger partial charge in [-0.3, -0.25) is 9.59 Å². The van der Waals surface area contributed by atoms with Crippen LogP contribution in [0.4, 0.5) is 11.4 Å². The van der Waals surface area contributed by atoms with E-state index in [0.717, 1.165) is 43.7 Å². The fourth-order valence-corrected chi connectivity index (χ4v) is 5.61. The van der Waals surface area contributed by atoms with Crippen molar-refractivity contribution in [2.24, 2.45) is 5.92 Å². The second-order valence-electron chi connectivity index (χ2n) is 10.5. The highest BCUT2D eigenvalue weighted by Crippen LogP contribution is 2.32. The van der Waals surface area contributed by atoms with Gasteiger partial charge in [-0.1, -0.05) is 46.9 Å². The van der Waals surface area contributed by atoms with Crippen molar-refractivity contribution in [1.29, 1.82) is 0 Å². The maximum Gasteiger partial charge on any atom is 0.255 e. The normalized spacial score (nSPS) is 13.9. The molecule has 6 nitrogen and oxygen atoms in total. The molecule has 1 fully saturated rings. The number of piperidine rings is 1. The Bertz CT molecular complexity index is 1340. The zero-order chi connectivity index (χ0) is 28.6. The maximum absolute atomic E-state index is 13.2. The molecular weight excluding hydrogens is 567 g/mol. The molecule has 1 aliphatic rings. The van der Waals surface area contributed by atoms with Crippen molar-refractivity contribution in [2.45, 2.75) is 25.7 Å². The first-order valence-electron chi connectivity index (χ1n) is 13.5. The van der Waals surface area contributed by atoms with Gasteiger partial charge in [-0.25, -0.2) is 0 Å². The molecule has 0 aromatic heterocycles. The number of amides is 2. The van der Waals surface area contributed by atoms with E-state index < -0.39 is 0 Å². The Morgan fingerprint density at radius 1 is 0.900 bits per heavy atom. The molecule has 1 aliphatic heterocycles. The largest absolute Gasteiger partial charge is 0.370 e. The maximum atomic E-state index is 13.2. The predicted molar refractivity (Wildman–Crippen MR) is 166 cm³/mol. The molecule has 9 heteroatoms. The highest BCUT2D eigenvalue weighted by molar-refractivity contribution is 6.35. The molecule has 2 amide bonds. The molecule has 0 unspecified atom stereocenters. The molecule has 3 aromatic rings. The molecule has 2 N–H and O–H groups in total. The minimum Gasteiger partial charge on any atom is -0.370 e. The quantitative estimate of drug-likeness (QED) is 0.262. The van der Waals surface area contributed by atoms with Gasteiger partial charge in [0.2, 0.25) is 0 Å². The number of rotatable bonds is 10. The average Bonchev–Trinajstić information content (AvgIpc) is 2.93. The number of carbonyl (C=O) groups excluding carboxylic acids is 2. The first-order chi connectivity index (χ1) is 19.2. The van der Waals surface area contributed by atoms with Gasteiger partial charge in [-0.15, -0.1) is 0 Å². The summed E-state index contributed by atoms with van der Waals surface area (Å²) in [4.78, 5) is 30.7. The molecule has 0 spiro atoms. The van der Waals surface area contributed by atoms with Gasteiger partial charge in [0.25, 0.3) is 11.8 Å². The predicted octanol–water partition coefficient (Wildman–Crippen LogP) is 7.04. The van der Waals surface area contributed by atoms with E-state index in [9.17, 15) is 9.59 Å². The number of nitrogens with zero attached hydrogens (tertiary/aromatic N) is 2. The van der Waals surface area contributed by atoms with E-state index in [2.05, 4.69) is 34.5 Å². The lowest BCUT2D eigenvalue weighted by Gasteiger charge is -2.35. The Morgan fingerprint density at radius 2 is 1.62 bits per heavy atom. The van der Waals surface area contributed by atoms with Crippen LogP contribution in [0.15, 0.2) is 60.7 Å². The standard InChI is InChI=1S/C31H35Cl3N4O2/c1-37(2)15-11-21-12-16-38(17-13-21)29-9-7-24(19-28(29)36-31(40)23-4-3-5-25(32)18-23)30(39)35-14-10-22-6-8-26(33)20-27(22)34/h3-9,18-21H,10-17H2,1-2H3,(H,35,39)(H,36,40). The summed E-state index contributed by atoms with van der Waals surface area (Å²) in [7, 11) is 4.21. The number of halogens is 3. The first-order valence-corrected chi connectivity index (χ1v) is 14.7. The SMILES string of the molecule is CN(C)CCC1CCN(c2ccc(C(=O)NCCc3ccc(Cl)cc3Cl)cc2NC(=O)c2cccc(Cl)c2)CC1.